The van der Waals surface area contributed by atoms with Crippen molar-refractivity contribution in [3.63, 3.8) is 0 Å². The number of ether oxygens (including phenoxy) is 2. The number of aliphatic imine (C=N–C) groups is 1. The van der Waals surface area contributed by atoms with E-state index >= 15 is 0 Å². The number of methoxy groups -OCH3 is 2. The zero-order valence-corrected chi connectivity index (χ0v) is 11.5. The molecule has 1 aliphatic carbocycles. The van der Waals surface area contributed by atoms with E-state index in [1.165, 1.54) is 6.34 Å². The predicted octanol–water partition coefficient (Wildman–Crippen LogP) is 0.854. The SMILES string of the molecule is C=[N+](C=NC(C)O)C1(C)C(C)(C)C1(OC)OC. The highest BCUT2D eigenvalue weighted by molar-refractivity contribution is 5.51. The molecule has 5 heteroatoms. The van der Waals surface area contributed by atoms with Crippen molar-refractivity contribution >= 4 is 13.1 Å². The lowest BCUT2D eigenvalue weighted by molar-refractivity contribution is -0.480. The summed E-state index contributed by atoms with van der Waals surface area (Å²) in [6, 6.07) is 0. The molecule has 17 heavy (non-hydrogen) atoms. The fourth-order valence-corrected chi connectivity index (χ4v) is 2.81. The average Bonchev–Trinajstić information content (AvgIpc) is 2.66. The normalized spacial score (nSPS) is 31.5. The highest BCUT2D eigenvalue weighted by Gasteiger charge is 2.87. The minimum Gasteiger partial charge on any atom is -0.353 e. The van der Waals surface area contributed by atoms with Gasteiger partial charge < -0.3 is 14.6 Å². The van der Waals surface area contributed by atoms with Gasteiger partial charge in [0.25, 0.3) is 6.34 Å². The summed E-state index contributed by atoms with van der Waals surface area (Å²) in [5.74, 6) is -0.716. The number of aliphatic hydroxyl groups excluding tert-OH is 1. The van der Waals surface area contributed by atoms with Crippen LogP contribution in [-0.4, -0.2) is 54.5 Å². The van der Waals surface area contributed by atoms with Crippen LogP contribution in [0, 0.1) is 5.41 Å². The molecule has 1 saturated carbocycles. The van der Waals surface area contributed by atoms with Crippen molar-refractivity contribution in [3.05, 3.63) is 0 Å². The molecular formula is C12H23N2O3+. The molecular weight excluding hydrogens is 220 g/mol. The van der Waals surface area contributed by atoms with E-state index in [0.717, 1.165) is 0 Å². The molecule has 0 bridgehead atoms. The first-order valence-corrected chi connectivity index (χ1v) is 5.62. The number of rotatable bonds is 5. The van der Waals surface area contributed by atoms with Gasteiger partial charge in [-0.3, -0.25) is 0 Å². The van der Waals surface area contributed by atoms with Crippen molar-refractivity contribution in [1.82, 2.24) is 0 Å². The van der Waals surface area contributed by atoms with Crippen LogP contribution >= 0.6 is 0 Å². The molecule has 0 aliphatic heterocycles. The average molecular weight is 243 g/mol. The van der Waals surface area contributed by atoms with Gasteiger partial charge in [-0.15, -0.1) is 0 Å². The number of nitrogens with zero attached hydrogens (tertiary/aromatic N) is 2. The molecule has 0 saturated heterocycles. The van der Waals surface area contributed by atoms with E-state index in [4.69, 9.17) is 14.6 Å². The monoisotopic (exact) mass is 243 g/mol. The largest absolute Gasteiger partial charge is 0.353 e. The van der Waals surface area contributed by atoms with E-state index < -0.39 is 17.6 Å². The number of hydrogen-bond acceptors (Lipinski definition) is 4. The Morgan fingerprint density at radius 1 is 1.29 bits per heavy atom. The predicted molar refractivity (Wildman–Crippen MR) is 66.5 cm³/mol. The third-order valence-electron chi connectivity index (χ3n) is 4.19. The van der Waals surface area contributed by atoms with Crippen LogP contribution in [0.4, 0.5) is 0 Å². The second kappa shape index (κ2) is 4.15. The van der Waals surface area contributed by atoms with Crippen LogP contribution in [0.15, 0.2) is 4.99 Å². The molecule has 0 spiro atoms. The molecule has 0 aromatic carbocycles. The zero-order chi connectivity index (χ0) is 13.5. The lowest BCUT2D eigenvalue weighted by Gasteiger charge is -2.17. The molecule has 1 fully saturated rings. The third-order valence-corrected chi connectivity index (χ3v) is 4.19. The van der Waals surface area contributed by atoms with Gasteiger partial charge in [0.1, 0.15) is 0 Å². The van der Waals surface area contributed by atoms with Gasteiger partial charge in [-0.1, -0.05) is 4.99 Å². The van der Waals surface area contributed by atoms with Gasteiger partial charge in [-0.2, -0.15) is 0 Å². The van der Waals surface area contributed by atoms with Crippen LogP contribution in [0.25, 0.3) is 0 Å². The highest BCUT2D eigenvalue weighted by Crippen LogP contribution is 2.68. The molecule has 98 valence electrons. The lowest BCUT2D eigenvalue weighted by atomic mass is 10.1. The van der Waals surface area contributed by atoms with E-state index in [-0.39, 0.29) is 5.41 Å². The Kier molecular flexibility index (Phi) is 3.49. The highest BCUT2D eigenvalue weighted by atomic mass is 16.7. The summed E-state index contributed by atoms with van der Waals surface area (Å²) in [6.07, 6.45) is 0.774. The van der Waals surface area contributed by atoms with E-state index in [1.807, 2.05) is 20.8 Å². The Morgan fingerprint density at radius 3 is 2.06 bits per heavy atom. The number of aliphatic hydroxyl groups is 1. The molecule has 0 heterocycles. The van der Waals surface area contributed by atoms with Gasteiger partial charge >= 0.3 is 0 Å². The van der Waals surface area contributed by atoms with E-state index in [9.17, 15) is 0 Å². The summed E-state index contributed by atoms with van der Waals surface area (Å²) in [6.45, 7) is 11.6. The molecule has 2 unspecified atom stereocenters. The first-order valence-electron chi connectivity index (χ1n) is 5.62. The molecule has 2 atom stereocenters. The summed E-state index contributed by atoms with van der Waals surface area (Å²) in [5, 5.41) is 9.15. The van der Waals surface area contributed by atoms with Crippen molar-refractivity contribution in [2.75, 3.05) is 14.2 Å². The summed E-state index contributed by atoms with van der Waals surface area (Å²) in [4.78, 5) is 3.91. The van der Waals surface area contributed by atoms with Gasteiger partial charge in [0.05, 0.1) is 12.1 Å². The Hall–Kier alpha value is -0.780. The van der Waals surface area contributed by atoms with E-state index in [2.05, 4.69) is 11.7 Å². The number of hydrogen-bond donors (Lipinski definition) is 1. The van der Waals surface area contributed by atoms with Crippen molar-refractivity contribution in [3.8, 4) is 0 Å². The minimum absolute atomic E-state index is 0.226. The fourth-order valence-electron chi connectivity index (χ4n) is 2.81. The van der Waals surface area contributed by atoms with Crippen LogP contribution in [0.1, 0.15) is 27.7 Å². The first-order chi connectivity index (χ1) is 7.71. The Bertz CT molecular complexity index is 346. The third kappa shape index (κ3) is 1.57. The topological polar surface area (TPSA) is 54.1 Å². The zero-order valence-electron chi connectivity index (χ0n) is 11.5. The maximum Gasteiger partial charge on any atom is 0.283 e. The molecule has 5 nitrogen and oxygen atoms in total. The Labute approximate surface area is 103 Å². The fraction of sp³-hybridized carbons (Fsp3) is 0.833. The van der Waals surface area contributed by atoms with Gasteiger partial charge in [0.15, 0.2) is 5.54 Å². The summed E-state index contributed by atoms with van der Waals surface area (Å²) in [5.41, 5.74) is -0.655. The summed E-state index contributed by atoms with van der Waals surface area (Å²) < 4.78 is 12.7. The molecule has 0 aromatic heterocycles. The van der Waals surface area contributed by atoms with Crippen molar-refractivity contribution in [2.24, 2.45) is 10.4 Å². The molecule has 1 N–H and O–H groups in total. The van der Waals surface area contributed by atoms with Gasteiger partial charge in [-0.05, 0) is 20.8 Å². The summed E-state index contributed by atoms with van der Waals surface area (Å²) >= 11 is 0. The van der Waals surface area contributed by atoms with Crippen LogP contribution < -0.4 is 0 Å². The van der Waals surface area contributed by atoms with E-state index in [1.54, 1.807) is 25.7 Å². The minimum atomic E-state index is -0.746. The Balaban J connectivity index is 3.02. The van der Waals surface area contributed by atoms with Gasteiger partial charge in [0.2, 0.25) is 12.0 Å². The van der Waals surface area contributed by atoms with E-state index in [0.29, 0.717) is 0 Å². The van der Waals surface area contributed by atoms with Crippen LogP contribution in [-0.2, 0) is 9.47 Å². The first kappa shape index (κ1) is 14.3. The maximum atomic E-state index is 9.15. The van der Waals surface area contributed by atoms with Crippen LogP contribution in [0.5, 0.6) is 0 Å². The van der Waals surface area contributed by atoms with Crippen molar-refractivity contribution < 1.29 is 19.2 Å². The van der Waals surface area contributed by atoms with Crippen LogP contribution in [0.2, 0.25) is 0 Å². The van der Waals surface area contributed by atoms with Gasteiger partial charge in [0, 0.05) is 21.1 Å². The Morgan fingerprint density at radius 2 is 1.76 bits per heavy atom. The quantitative estimate of drug-likeness (QED) is 0.337. The maximum absolute atomic E-state index is 9.15. The van der Waals surface area contributed by atoms with Crippen molar-refractivity contribution in [2.45, 2.75) is 45.2 Å². The molecule has 1 aliphatic rings. The second-order valence-electron chi connectivity index (χ2n) is 5.09. The lowest BCUT2D eigenvalue weighted by Crippen LogP contribution is -2.36. The molecule has 0 aromatic rings. The molecule has 0 amide bonds. The smallest absolute Gasteiger partial charge is 0.283 e. The molecule has 0 radical (unpaired) electrons. The van der Waals surface area contributed by atoms with Crippen LogP contribution in [0.3, 0.4) is 0 Å². The second-order valence-corrected chi connectivity index (χ2v) is 5.09. The van der Waals surface area contributed by atoms with Crippen molar-refractivity contribution in [1.29, 1.82) is 0 Å². The summed E-state index contributed by atoms with van der Waals surface area (Å²) in [7, 11) is 3.24. The standard InChI is InChI=1S/C12H23N2O3/c1-9(15)13-8-14(5)11(4)10(2,3)12(11,16-6)17-7/h8-9,15H,5H2,1-4,6-7H3/q+1. The van der Waals surface area contributed by atoms with Gasteiger partial charge in [-0.25, -0.2) is 4.58 Å². The molecule has 1 rings (SSSR count).